The van der Waals surface area contributed by atoms with E-state index in [-0.39, 0.29) is 11.9 Å². The molecule has 3 nitrogen and oxygen atoms in total. The van der Waals surface area contributed by atoms with Crippen molar-refractivity contribution in [3.8, 4) is 0 Å². The highest BCUT2D eigenvalue weighted by atomic mass is 16.2. The van der Waals surface area contributed by atoms with Crippen LogP contribution in [-0.2, 0) is 4.79 Å². The standard InChI is InChI=1S/C5H12N2O/c1-3-7-5(8)4(2)6/h4H,3,6H2,1-2H3,(H,7,8)/t4-/m0/s1. The van der Waals surface area contributed by atoms with Crippen molar-refractivity contribution < 1.29 is 4.79 Å². The third-order valence-electron chi connectivity index (χ3n) is 0.765. The Hall–Kier alpha value is -0.570. The highest BCUT2D eigenvalue weighted by Crippen LogP contribution is 1.71. The summed E-state index contributed by atoms with van der Waals surface area (Å²) in [6.07, 6.45) is 0. The maximum absolute atomic E-state index is 10.5. The number of hydrogen-bond acceptors (Lipinski definition) is 2. The van der Waals surface area contributed by atoms with E-state index in [1.54, 1.807) is 6.92 Å². The second kappa shape index (κ2) is 3.43. The van der Waals surface area contributed by atoms with E-state index in [1.165, 1.54) is 0 Å². The van der Waals surface area contributed by atoms with Crippen LogP contribution in [-0.4, -0.2) is 18.5 Å². The molecule has 0 aromatic rings. The summed E-state index contributed by atoms with van der Waals surface area (Å²) in [4.78, 5) is 10.5. The summed E-state index contributed by atoms with van der Waals surface area (Å²) in [5.41, 5.74) is 5.21. The molecule has 48 valence electrons. The van der Waals surface area contributed by atoms with Gasteiger partial charge in [-0.25, -0.2) is 0 Å². The summed E-state index contributed by atoms with van der Waals surface area (Å²) in [6.45, 7) is 4.17. The van der Waals surface area contributed by atoms with E-state index in [4.69, 9.17) is 5.73 Å². The van der Waals surface area contributed by atoms with Crippen LogP contribution >= 0.6 is 0 Å². The van der Waals surface area contributed by atoms with Crippen LogP contribution in [0.4, 0.5) is 0 Å². The number of nitrogens with one attached hydrogen (secondary N) is 1. The van der Waals surface area contributed by atoms with Gasteiger partial charge in [0.2, 0.25) is 5.91 Å². The van der Waals surface area contributed by atoms with Crippen molar-refractivity contribution in [2.75, 3.05) is 6.54 Å². The average molecular weight is 116 g/mol. The molecule has 0 bridgehead atoms. The summed E-state index contributed by atoms with van der Waals surface area (Å²) < 4.78 is 0. The van der Waals surface area contributed by atoms with Crippen LogP contribution in [0.3, 0.4) is 0 Å². The van der Waals surface area contributed by atoms with Crippen LogP contribution in [0.5, 0.6) is 0 Å². The monoisotopic (exact) mass is 116 g/mol. The quantitative estimate of drug-likeness (QED) is 0.509. The molecule has 0 rings (SSSR count). The van der Waals surface area contributed by atoms with Gasteiger partial charge in [-0.1, -0.05) is 0 Å². The Balaban J connectivity index is 3.33. The molecule has 0 fully saturated rings. The smallest absolute Gasteiger partial charge is 0.236 e. The molecule has 0 saturated carbocycles. The molecule has 8 heavy (non-hydrogen) atoms. The van der Waals surface area contributed by atoms with E-state index < -0.39 is 0 Å². The predicted molar refractivity (Wildman–Crippen MR) is 32.3 cm³/mol. The molecule has 0 heterocycles. The zero-order chi connectivity index (χ0) is 6.57. The SMILES string of the molecule is CCNC(=O)[C@H](C)N. The summed E-state index contributed by atoms with van der Waals surface area (Å²) in [6, 6.07) is -0.380. The van der Waals surface area contributed by atoms with Crippen LogP contribution < -0.4 is 11.1 Å². The van der Waals surface area contributed by atoms with E-state index in [0.29, 0.717) is 6.54 Å². The van der Waals surface area contributed by atoms with Gasteiger partial charge in [-0.3, -0.25) is 4.79 Å². The molecule has 1 atom stereocenters. The van der Waals surface area contributed by atoms with Gasteiger partial charge in [0.15, 0.2) is 0 Å². The summed E-state index contributed by atoms with van der Waals surface area (Å²) in [5, 5.41) is 2.58. The van der Waals surface area contributed by atoms with E-state index in [9.17, 15) is 4.79 Å². The Bertz CT molecular complexity index is 80.5. The van der Waals surface area contributed by atoms with E-state index in [1.807, 2.05) is 6.92 Å². The first-order chi connectivity index (χ1) is 3.68. The topological polar surface area (TPSA) is 55.1 Å². The molecule has 3 N–H and O–H groups in total. The number of carbonyl (C=O) groups is 1. The lowest BCUT2D eigenvalue weighted by Gasteiger charge is -2.02. The third kappa shape index (κ3) is 2.58. The van der Waals surface area contributed by atoms with Gasteiger partial charge in [0.05, 0.1) is 6.04 Å². The highest BCUT2D eigenvalue weighted by Gasteiger charge is 2.02. The van der Waals surface area contributed by atoms with Gasteiger partial charge in [-0.15, -0.1) is 0 Å². The highest BCUT2D eigenvalue weighted by molar-refractivity contribution is 5.80. The van der Waals surface area contributed by atoms with E-state index in [0.717, 1.165) is 0 Å². The Kier molecular flexibility index (Phi) is 3.19. The fourth-order valence-electron chi connectivity index (χ4n) is 0.335. The minimum Gasteiger partial charge on any atom is -0.355 e. The minimum atomic E-state index is -0.380. The molecule has 0 aliphatic rings. The zero-order valence-corrected chi connectivity index (χ0v) is 5.27. The zero-order valence-electron chi connectivity index (χ0n) is 5.27. The fourth-order valence-corrected chi connectivity index (χ4v) is 0.335. The first kappa shape index (κ1) is 7.43. The van der Waals surface area contributed by atoms with Crippen molar-refractivity contribution in [3.05, 3.63) is 0 Å². The van der Waals surface area contributed by atoms with Crippen molar-refractivity contribution in [2.24, 2.45) is 5.73 Å². The molecule has 3 heteroatoms. The third-order valence-corrected chi connectivity index (χ3v) is 0.765. The first-order valence-corrected chi connectivity index (χ1v) is 2.71. The fraction of sp³-hybridized carbons (Fsp3) is 0.800. The molecule has 0 aromatic heterocycles. The van der Waals surface area contributed by atoms with Gasteiger partial charge >= 0.3 is 0 Å². The number of rotatable bonds is 2. The minimum absolute atomic E-state index is 0.0903. The number of likely N-dealkylation sites (N-methyl/N-ethyl adjacent to an activating group) is 1. The van der Waals surface area contributed by atoms with Crippen molar-refractivity contribution in [2.45, 2.75) is 19.9 Å². The maximum Gasteiger partial charge on any atom is 0.236 e. The van der Waals surface area contributed by atoms with Crippen molar-refractivity contribution in [3.63, 3.8) is 0 Å². The van der Waals surface area contributed by atoms with Crippen LogP contribution in [0.15, 0.2) is 0 Å². The van der Waals surface area contributed by atoms with Crippen molar-refractivity contribution in [1.82, 2.24) is 5.32 Å². The molecule has 0 aliphatic carbocycles. The van der Waals surface area contributed by atoms with E-state index >= 15 is 0 Å². The van der Waals surface area contributed by atoms with Crippen LogP contribution in [0.2, 0.25) is 0 Å². The largest absolute Gasteiger partial charge is 0.355 e. The summed E-state index contributed by atoms with van der Waals surface area (Å²) in [5.74, 6) is -0.0903. The average Bonchev–Trinajstić information content (AvgIpc) is 1.67. The lowest BCUT2D eigenvalue weighted by molar-refractivity contribution is -0.121. The lowest BCUT2D eigenvalue weighted by atomic mass is 10.3. The van der Waals surface area contributed by atoms with Crippen molar-refractivity contribution >= 4 is 5.91 Å². The number of hydrogen-bond donors (Lipinski definition) is 2. The Labute approximate surface area is 49.3 Å². The second-order valence-electron chi connectivity index (χ2n) is 1.68. The predicted octanol–water partition coefficient (Wildman–Crippen LogP) is -0.530. The second-order valence-corrected chi connectivity index (χ2v) is 1.68. The first-order valence-electron chi connectivity index (χ1n) is 2.71. The normalized spacial score (nSPS) is 12.9. The number of nitrogens with two attached hydrogens (primary N) is 1. The van der Waals surface area contributed by atoms with Gasteiger partial charge < -0.3 is 11.1 Å². The molecule has 0 spiro atoms. The van der Waals surface area contributed by atoms with Crippen molar-refractivity contribution in [1.29, 1.82) is 0 Å². The van der Waals surface area contributed by atoms with Gasteiger partial charge in [0.25, 0.3) is 0 Å². The Morgan fingerprint density at radius 1 is 1.88 bits per heavy atom. The molecular weight excluding hydrogens is 104 g/mol. The number of carbonyl (C=O) groups excluding carboxylic acids is 1. The number of amides is 1. The summed E-state index contributed by atoms with van der Waals surface area (Å²) >= 11 is 0. The molecular formula is C5H12N2O. The Morgan fingerprint density at radius 2 is 2.38 bits per heavy atom. The molecule has 0 aromatic carbocycles. The summed E-state index contributed by atoms with van der Waals surface area (Å²) in [7, 11) is 0. The molecule has 0 unspecified atom stereocenters. The van der Waals surface area contributed by atoms with Gasteiger partial charge in [-0.2, -0.15) is 0 Å². The molecule has 1 amide bonds. The van der Waals surface area contributed by atoms with Crippen LogP contribution in [0, 0.1) is 0 Å². The van der Waals surface area contributed by atoms with Crippen LogP contribution in [0.25, 0.3) is 0 Å². The van der Waals surface area contributed by atoms with Gasteiger partial charge in [0.1, 0.15) is 0 Å². The van der Waals surface area contributed by atoms with Gasteiger partial charge in [-0.05, 0) is 13.8 Å². The van der Waals surface area contributed by atoms with E-state index in [2.05, 4.69) is 5.32 Å². The Morgan fingerprint density at radius 3 is 2.50 bits per heavy atom. The molecule has 0 saturated heterocycles. The molecule has 0 radical (unpaired) electrons. The molecule has 0 aliphatic heterocycles. The lowest BCUT2D eigenvalue weighted by Crippen LogP contribution is -2.37. The van der Waals surface area contributed by atoms with Gasteiger partial charge in [0, 0.05) is 6.54 Å². The van der Waals surface area contributed by atoms with Crippen LogP contribution in [0.1, 0.15) is 13.8 Å². The maximum atomic E-state index is 10.5.